The number of nitrogens with two attached hydrogens (primary N) is 1. The molecule has 0 aromatic heterocycles. The molecule has 0 radical (unpaired) electrons. The van der Waals surface area contributed by atoms with Gasteiger partial charge in [0.1, 0.15) is 0 Å². The van der Waals surface area contributed by atoms with Crippen LogP contribution in [0.25, 0.3) is 0 Å². The Balaban J connectivity index is 2.08. The van der Waals surface area contributed by atoms with Gasteiger partial charge < -0.3 is 10.5 Å². The average Bonchev–Trinajstić information content (AvgIpc) is 2.94. The van der Waals surface area contributed by atoms with Gasteiger partial charge in [0.05, 0.1) is 17.6 Å². The largest absolute Gasteiger partial charge is 0.377 e. The van der Waals surface area contributed by atoms with Crippen LogP contribution in [0.3, 0.4) is 0 Å². The Bertz CT molecular complexity index is 379. The summed E-state index contributed by atoms with van der Waals surface area (Å²) < 4.78 is 29.2. The minimum absolute atomic E-state index is 0.205. The minimum atomic E-state index is -2.92. The van der Waals surface area contributed by atoms with E-state index in [-0.39, 0.29) is 23.1 Å². The normalized spacial score (nSPS) is 35.4. The summed E-state index contributed by atoms with van der Waals surface area (Å²) in [5, 5.41) is 0. The summed E-state index contributed by atoms with van der Waals surface area (Å²) in [6.45, 7) is 4.94. The molecule has 5 nitrogen and oxygen atoms in total. The maximum atomic E-state index is 11.7. The van der Waals surface area contributed by atoms with Crippen LogP contribution in [0.15, 0.2) is 0 Å². The first kappa shape index (κ1) is 14.2. The molecule has 2 unspecified atom stereocenters. The molecular formula is C12H24N2O3S. The van der Waals surface area contributed by atoms with Gasteiger partial charge in [-0.05, 0) is 25.8 Å². The standard InChI is InChI=1S/C12H24N2O3S/c1-2-14(8-11-4-3-6-17-11)12(9-13)5-7-18(15,16)10-12/h11H,2-10,13H2,1H3. The van der Waals surface area contributed by atoms with Crippen LogP contribution in [-0.4, -0.2) is 62.7 Å². The highest BCUT2D eigenvalue weighted by Crippen LogP contribution is 2.30. The topological polar surface area (TPSA) is 72.6 Å². The van der Waals surface area contributed by atoms with E-state index in [0.29, 0.717) is 13.0 Å². The molecule has 18 heavy (non-hydrogen) atoms. The molecule has 0 saturated carbocycles. The lowest BCUT2D eigenvalue weighted by molar-refractivity contribution is 0.0335. The summed E-state index contributed by atoms with van der Waals surface area (Å²) >= 11 is 0. The van der Waals surface area contributed by atoms with Gasteiger partial charge in [0.25, 0.3) is 0 Å². The van der Waals surface area contributed by atoms with Gasteiger partial charge in [0, 0.05) is 25.2 Å². The number of rotatable bonds is 5. The number of nitrogens with zero attached hydrogens (tertiary/aromatic N) is 1. The third kappa shape index (κ3) is 2.87. The Morgan fingerprint density at radius 1 is 1.50 bits per heavy atom. The van der Waals surface area contributed by atoms with Gasteiger partial charge >= 0.3 is 0 Å². The monoisotopic (exact) mass is 276 g/mol. The molecule has 0 aliphatic carbocycles. The fourth-order valence-electron chi connectivity index (χ4n) is 3.13. The molecule has 106 valence electrons. The minimum Gasteiger partial charge on any atom is -0.377 e. The van der Waals surface area contributed by atoms with E-state index in [1.807, 2.05) is 0 Å². The molecule has 2 saturated heterocycles. The van der Waals surface area contributed by atoms with Crippen LogP contribution in [0, 0.1) is 0 Å². The number of likely N-dealkylation sites (N-methyl/N-ethyl adjacent to an activating group) is 1. The Morgan fingerprint density at radius 2 is 2.28 bits per heavy atom. The van der Waals surface area contributed by atoms with Crippen LogP contribution in [0.4, 0.5) is 0 Å². The molecule has 2 aliphatic heterocycles. The Kier molecular flexibility index (Phi) is 4.31. The van der Waals surface area contributed by atoms with Crippen molar-refractivity contribution in [3.8, 4) is 0 Å². The van der Waals surface area contributed by atoms with E-state index in [0.717, 1.165) is 32.5 Å². The fraction of sp³-hybridized carbons (Fsp3) is 1.00. The van der Waals surface area contributed by atoms with Crippen LogP contribution in [0.5, 0.6) is 0 Å². The second-order valence-corrected chi connectivity index (χ2v) is 7.63. The lowest BCUT2D eigenvalue weighted by Gasteiger charge is -2.40. The Hall–Kier alpha value is -0.170. The smallest absolute Gasteiger partial charge is 0.152 e. The maximum Gasteiger partial charge on any atom is 0.152 e. The van der Waals surface area contributed by atoms with E-state index in [4.69, 9.17) is 10.5 Å². The number of ether oxygens (including phenoxy) is 1. The molecule has 0 aromatic rings. The zero-order chi connectivity index (χ0) is 13.2. The first-order chi connectivity index (χ1) is 8.51. The molecule has 0 aromatic carbocycles. The van der Waals surface area contributed by atoms with Gasteiger partial charge in [-0.1, -0.05) is 6.92 Å². The molecule has 2 N–H and O–H groups in total. The summed E-state index contributed by atoms with van der Waals surface area (Å²) in [7, 11) is -2.92. The number of sulfone groups is 1. The third-order valence-corrected chi connectivity index (χ3v) is 6.05. The lowest BCUT2D eigenvalue weighted by Crippen LogP contribution is -2.56. The maximum absolute atomic E-state index is 11.7. The van der Waals surface area contributed by atoms with Crippen molar-refractivity contribution < 1.29 is 13.2 Å². The van der Waals surface area contributed by atoms with Crippen LogP contribution >= 0.6 is 0 Å². The first-order valence-corrected chi connectivity index (χ1v) is 8.61. The van der Waals surface area contributed by atoms with Crippen molar-refractivity contribution in [1.29, 1.82) is 0 Å². The van der Waals surface area contributed by atoms with E-state index in [9.17, 15) is 8.42 Å². The zero-order valence-corrected chi connectivity index (χ0v) is 11.9. The lowest BCUT2D eigenvalue weighted by atomic mass is 9.95. The molecule has 2 rings (SSSR count). The quantitative estimate of drug-likeness (QED) is 0.765. The highest BCUT2D eigenvalue weighted by atomic mass is 32.2. The van der Waals surface area contributed by atoms with Crippen molar-refractivity contribution in [2.75, 3.05) is 37.7 Å². The van der Waals surface area contributed by atoms with Gasteiger partial charge in [0.15, 0.2) is 9.84 Å². The van der Waals surface area contributed by atoms with Gasteiger partial charge in [0.2, 0.25) is 0 Å². The predicted molar refractivity (Wildman–Crippen MR) is 71.3 cm³/mol. The van der Waals surface area contributed by atoms with E-state index < -0.39 is 9.84 Å². The molecule has 0 bridgehead atoms. The van der Waals surface area contributed by atoms with Crippen LogP contribution in [0.2, 0.25) is 0 Å². The van der Waals surface area contributed by atoms with Gasteiger partial charge in [-0.25, -0.2) is 8.42 Å². The van der Waals surface area contributed by atoms with E-state index in [1.54, 1.807) is 0 Å². The highest BCUT2D eigenvalue weighted by Gasteiger charge is 2.45. The van der Waals surface area contributed by atoms with Crippen molar-refractivity contribution in [2.24, 2.45) is 5.73 Å². The number of hydrogen-bond donors (Lipinski definition) is 1. The van der Waals surface area contributed by atoms with Crippen molar-refractivity contribution >= 4 is 9.84 Å². The summed E-state index contributed by atoms with van der Waals surface area (Å²) in [6.07, 6.45) is 3.09. The molecule has 6 heteroatoms. The second-order valence-electron chi connectivity index (χ2n) is 5.44. The molecule has 0 spiro atoms. The summed E-state index contributed by atoms with van der Waals surface area (Å²) in [6, 6.07) is 0. The number of hydrogen-bond acceptors (Lipinski definition) is 5. The zero-order valence-electron chi connectivity index (χ0n) is 11.1. The third-order valence-electron chi connectivity index (χ3n) is 4.25. The molecule has 2 atom stereocenters. The molecule has 2 fully saturated rings. The fourth-order valence-corrected chi connectivity index (χ4v) is 5.23. The SMILES string of the molecule is CCN(CC1CCCO1)C1(CN)CCS(=O)(=O)C1. The highest BCUT2D eigenvalue weighted by molar-refractivity contribution is 7.91. The van der Waals surface area contributed by atoms with Crippen molar-refractivity contribution in [3.63, 3.8) is 0 Å². The summed E-state index contributed by atoms with van der Waals surface area (Å²) in [5.41, 5.74) is 5.53. The summed E-state index contributed by atoms with van der Waals surface area (Å²) in [4.78, 5) is 2.23. The Morgan fingerprint density at radius 3 is 2.72 bits per heavy atom. The van der Waals surface area contributed by atoms with Gasteiger partial charge in [-0.3, -0.25) is 4.90 Å². The van der Waals surface area contributed by atoms with Crippen molar-refractivity contribution in [3.05, 3.63) is 0 Å². The summed E-state index contributed by atoms with van der Waals surface area (Å²) in [5.74, 6) is 0.475. The predicted octanol–water partition coefficient (Wildman–Crippen LogP) is 0.00330. The van der Waals surface area contributed by atoms with Gasteiger partial charge in [-0.15, -0.1) is 0 Å². The van der Waals surface area contributed by atoms with Crippen LogP contribution in [0.1, 0.15) is 26.2 Å². The average molecular weight is 276 g/mol. The molecule has 2 heterocycles. The van der Waals surface area contributed by atoms with E-state index in [1.165, 1.54) is 0 Å². The van der Waals surface area contributed by atoms with Gasteiger partial charge in [-0.2, -0.15) is 0 Å². The molecular weight excluding hydrogens is 252 g/mol. The molecule has 2 aliphatic rings. The van der Waals surface area contributed by atoms with Crippen LogP contribution in [-0.2, 0) is 14.6 Å². The van der Waals surface area contributed by atoms with Crippen molar-refractivity contribution in [2.45, 2.75) is 37.8 Å². The van der Waals surface area contributed by atoms with E-state index in [2.05, 4.69) is 11.8 Å². The second kappa shape index (κ2) is 5.45. The molecule has 0 amide bonds. The van der Waals surface area contributed by atoms with Crippen LogP contribution < -0.4 is 5.73 Å². The Labute approximate surface area is 110 Å². The first-order valence-electron chi connectivity index (χ1n) is 6.78. The van der Waals surface area contributed by atoms with Crippen molar-refractivity contribution in [1.82, 2.24) is 4.90 Å². The van der Waals surface area contributed by atoms with E-state index >= 15 is 0 Å².